The molecule has 3 N–H and O–H groups in total. The van der Waals surface area contributed by atoms with Crippen molar-refractivity contribution in [2.24, 2.45) is 0 Å². The molecule has 9 heteroatoms. The maximum atomic E-state index is 13.2. The molecule has 8 nitrogen and oxygen atoms in total. The van der Waals surface area contributed by atoms with Gasteiger partial charge in [0.1, 0.15) is 5.82 Å². The third-order valence-electron chi connectivity index (χ3n) is 6.50. The van der Waals surface area contributed by atoms with Gasteiger partial charge in [0.15, 0.2) is 0 Å². The van der Waals surface area contributed by atoms with E-state index in [9.17, 15) is 14.4 Å². The third kappa shape index (κ3) is 6.23. The lowest BCUT2D eigenvalue weighted by atomic mass is 10.0. The fraction of sp³-hybridized carbons (Fsp3) is 0.407. The lowest BCUT2D eigenvalue weighted by Gasteiger charge is -2.19. The summed E-state index contributed by atoms with van der Waals surface area (Å²) in [4.78, 5) is 47.0. The average molecular weight is 510 g/mol. The van der Waals surface area contributed by atoms with E-state index in [1.807, 2.05) is 24.0 Å². The number of unbranched alkanes of at least 4 members (excludes halogenated alkanes) is 1. The molecule has 1 aromatic heterocycles. The Hall–Kier alpha value is -3.39. The Bertz CT molecular complexity index is 1270. The minimum Gasteiger partial charge on any atom is -0.356 e. The minimum absolute atomic E-state index is 0.0231. The largest absolute Gasteiger partial charge is 0.356 e. The first-order chi connectivity index (χ1) is 17.3. The lowest BCUT2D eigenvalue weighted by molar-refractivity contribution is -0.118. The topological polar surface area (TPSA) is 107 Å². The highest BCUT2D eigenvalue weighted by atomic mass is 35.5. The summed E-state index contributed by atoms with van der Waals surface area (Å²) in [5, 5.41) is 6.51. The van der Waals surface area contributed by atoms with Crippen molar-refractivity contribution >= 4 is 40.4 Å². The molecule has 2 heterocycles. The summed E-state index contributed by atoms with van der Waals surface area (Å²) in [5.41, 5.74) is 3.48. The van der Waals surface area contributed by atoms with Gasteiger partial charge in [0, 0.05) is 42.7 Å². The van der Waals surface area contributed by atoms with E-state index < -0.39 is 0 Å². The molecule has 1 atom stereocenters. The number of nitrogens with one attached hydrogen (secondary N) is 3. The molecule has 0 aliphatic carbocycles. The molecule has 3 aromatic rings. The van der Waals surface area contributed by atoms with Gasteiger partial charge >= 0.3 is 0 Å². The van der Waals surface area contributed by atoms with Gasteiger partial charge in [-0.1, -0.05) is 11.6 Å². The number of imidazole rings is 1. The molecule has 2 aromatic carbocycles. The zero-order chi connectivity index (χ0) is 25.7. The van der Waals surface area contributed by atoms with E-state index >= 15 is 0 Å². The van der Waals surface area contributed by atoms with E-state index in [1.165, 1.54) is 6.92 Å². The number of hydrogen-bond acceptors (Lipinski definition) is 4. The van der Waals surface area contributed by atoms with Crippen LogP contribution < -0.4 is 10.6 Å². The van der Waals surface area contributed by atoms with Gasteiger partial charge in [-0.15, -0.1) is 0 Å². The fourth-order valence-electron chi connectivity index (χ4n) is 4.56. The highest BCUT2D eigenvalue weighted by Gasteiger charge is 2.23. The second-order valence-electron chi connectivity index (χ2n) is 9.32. The van der Waals surface area contributed by atoms with E-state index in [-0.39, 0.29) is 23.8 Å². The van der Waals surface area contributed by atoms with Crippen LogP contribution in [0.15, 0.2) is 36.4 Å². The number of amides is 3. The number of benzene rings is 2. The Kier molecular flexibility index (Phi) is 8.25. The molecule has 0 saturated carbocycles. The standard InChI is InChI=1S/C27H32ClN5O3/c1-17-15-19(8-10-21(17)27(36)33-13-5-6-14-33)26(35)32-23(7-3-4-12-29-18(2)34)25-30-22-11-9-20(28)16-24(22)31-25/h8-11,15-16,23H,3-7,12-14H2,1-2H3,(H,29,34)(H,30,31)(H,32,35)/t23-/m0/s1. The Morgan fingerprint density at radius 3 is 2.61 bits per heavy atom. The first-order valence-electron chi connectivity index (χ1n) is 12.4. The van der Waals surface area contributed by atoms with E-state index in [4.69, 9.17) is 11.6 Å². The molecule has 4 rings (SSSR count). The van der Waals surface area contributed by atoms with Crippen LogP contribution in [0.1, 0.15) is 77.2 Å². The molecule has 0 spiro atoms. The number of rotatable bonds is 9. The molecule has 1 aliphatic rings. The van der Waals surface area contributed by atoms with E-state index in [0.717, 1.165) is 55.4 Å². The summed E-state index contributed by atoms with van der Waals surface area (Å²) < 4.78 is 0. The maximum Gasteiger partial charge on any atom is 0.254 e. The van der Waals surface area contributed by atoms with E-state index in [1.54, 1.807) is 24.3 Å². The summed E-state index contributed by atoms with van der Waals surface area (Å²) >= 11 is 6.13. The number of hydrogen-bond donors (Lipinski definition) is 3. The summed E-state index contributed by atoms with van der Waals surface area (Å²) in [6.45, 7) is 5.51. The minimum atomic E-state index is -0.354. The third-order valence-corrected chi connectivity index (χ3v) is 6.74. The van der Waals surface area contributed by atoms with E-state index in [2.05, 4.69) is 20.6 Å². The predicted octanol–water partition coefficient (Wildman–Crippen LogP) is 4.54. The highest BCUT2D eigenvalue weighted by Crippen LogP contribution is 2.24. The van der Waals surface area contributed by atoms with Crippen LogP contribution in [-0.2, 0) is 4.79 Å². The number of likely N-dealkylation sites (tertiary alicyclic amines) is 1. The smallest absolute Gasteiger partial charge is 0.254 e. The monoisotopic (exact) mass is 509 g/mol. The zero-order valence-electron chi connectivity index (χ0n) is 20.7. The second kappa shape index (κ2) is 11.6. The molecule has 0 unspecified atom stereocenters. The van der Waals surface area contributed by atoms with Crippen molar-refractivity contribution in [1.82, 2.24) is 25.5 Å². The summed E-state index contributed by atoms with van der Waals surface area (Å²) in [6, 6.07) is 10.3. The summed E-state index contributed by atoms with van der Waals surface area (Å²) in [7, 11) is 0. The van der Waals surface area contributed by atoms with Gasteiger partial charge < -0.3 is 20.5 Å². The van der Waals surface area contributed by atoms with Crippen molar-refractivity contribution in [2.45, 2.75) is 52.0 Å². The number of halogens is 1. The number of H-pyrrole nitrogens is 1. The van der Waals surface area contributed by atoms with Crippen LogP contribution in [0, 0.1) is 6.92 Å². The molecule has 190 valence electrons. The van der Waals surface area contributed by atoms with Gasteiger partial charge in [-0.05, 0) is 81.0 Å². The summed E-state index contributed by atoms with van der Waals surface area (Å²) in [5.74, 6) is 0.382. The Labute approximate surface area is 215 Å². The van der Waals surface area contributed by atoms with Crippen LogP contribution in [0.3, 0.4) is 0 Å². The summed E-state index contributed by atoms with van der Waals surface area (Å²) in [6.07, 6.45) is 4.27. The van der Waals surface area contributed by atoms with Crippen LogP contribution in [-0.4, -0.2) is 52.2 Å². The zero-order valence-corrected chi connectivity index (χ0v) is 21.5. The molecular weight excluding hydrogens is 478 g/mol. The van der Waals surface area contributed by atoms with Gasteiger partial charge in [-0.2, -0.15) is 0 Å². The van der Waals surface area contributed by atoms with Crippen molar-refractivity contribution in [1.29, 1.82) is 0 Å². The number of carbonyl (C=O) groups excluding carboxylic acids is 3. The second-order valence-corrected chi connectivity index (χ2v) is 9.75. The first kappa shape index (κ1) is 25.7. The Morgan fingerprint density at radius 1 is 1.11 bits per heavy atom. The van der Waals surface area contributed by atoms with Crippen LogP contribution in [0.4, 0.5) is 0 Å². The SMILES string of the molecule is CC(=O)NCCCC[C@H](NC(=O)c1ccc(C(=O)N2CCCC2)c(C)c1)c1nc2ccc(Cl)cc2[nH]1. The molecule has 0 radical (unpaired) electrons. The maximum absolute atomic E-state index is 13.2. The number of aromatic nitrogens is 2. The number of carbonyl (C=O) groups is 3. The van der Waals surface area contributed by atoms with E-state index in [0.29, 0.717) is 34.9 Å². The van der Waals surface area contributed by atoms with Gasteiger partial charge in [-0.3, -0.25) is 14.4 Å². The quantitative estimate of drug-likeness (QED) is 0.368. The molecule has 36 heavy (non-hydrogen) atoms. The molecule has 3 amide bonds. The van der Waals surface area contributed by atoms with Gasteiger partial charge in [0.25, 0.3) is 11.8 Å². The molecular formula is C27H32ClN5O3. The first-order valence-corrected chi connectivity index (χ1v) is 12.8. The van der Waals surface area contributed by atoms with Gasteiger partial charge in [-0.25, -0.2) is 4.98 Å². The molecule has 0 bridgehead atoms. The van der Waals surface area contributed by atoms with Crippen LogP contribution in [0.5, 0.6) is 0 Å². The molecule has 1 aliphatic heterocycles. The average Bonchev–Trinajstić information content (AvgIpc) is 3.52. The Morgan fingerprint density at radius 2 is 1.89 bits per heavy atom. The van der Waals surface area contributed by atoms with Crippen molar-refractivity contribution in [3.05, 3.63) is 63.9 Å². The normalized spacial score (nSPS) is 14.1. The Balaban J connectivity index is 1.49. The van der Waals surface area contributed by atoms with Crippen LogP contribution in [0.25, 0.3) is 11.0 Å². The number of nitrogens with zero attached hydrogens (tertiary/aromatic N) is 2. The molecule has 1 saturated heterocycles. The fourth-order valence-corrected chi connectivity index (χ4v) is 4.73. The predicted molar refractivity (Wildman–Crippen MR) is 140 cm³/mol. The van der Waals surface area contributed by atoms with Gasteiger partial charge in [0.2, 0.25) is 5.91 Å². The van der Waals surface area contributed by atoms with Crippen molar-refractivity contribution in [2.75, 3.05) is 19.6 Å². The number of fused-ring (bicyclic) bond motifs is 1. The van der Waals surface area contributed by atoms with Crippen molar-refractivity contribution in [3.8, 4) is 0 Å². The van der Waals surface area contributed by atoms with Crippen LogP contribution in [0.2, 0.25) is 5.02 Å². The highest BCUT2D eigenvalue weighted by molar-refractivity contribution is 6.31. The number of aromatic amines is 1. The molecule has 1 fully saturated rings. The van der Waals surface area contributed by atoms with Gasteiger partial charge in [0.05, 0.1) is 17.1 Å². The van der Waals surface area contributed by atoms with Crippen molar-refractivity contribution < 1.29 is 14.4 Å². The number of aryl methyl sites for hydroxylation is 1. The van der Waals surface area contributed by atoms with Crippen LogP contribution >= 0.6 is 11.6 Å². The lowest BCUT2D eigenvalue weighted by Crippen LogP contribution is -2.30. The van der Waals surface area contributed by atoms with Crippen molar-refractivity contribution in [3.63, 3.8) is 0 Å².